The minimum absolute atomic E-state index is 0.000173. The fourth-order valence-electron chi connectivity index (χ4n) is 3.57. The zero-order valence-electron chi connectivity index (χ0n) is 15.9. The molecule has 1 aliphatic heterocycles. The molecule has 144 valence electrons. The second kappa shape index (κ2) is 8.17. The summed E-state index contributed by atoms with van der Waals surface area (Å²) in [5.41, 5.74) is 3.62. The number of hydrogen-bond donors (Lipinski definition) is 0. The van der Waals surface area contributed by atoms with E-state index in [9.17, 15) is 4.79 Å². The van der Waals surface area contributed by atoms with Crippen LogP contribution in [0.3, 0.4) is 0 Å². The van der Waals surface area contributed by atoms with Crippen LogP contribution in [0, 0.1) is 6.92 Å². The van der Waals surface area contributed by atoms with E-state index in [1.807, 2.05) is 71.1 Å². The van der Waals surface area contributed by atoms with Gasteiger partial charge in [-0.3, -0.25) is 9.69 Å². The van der Waals surface area contributed by atoms with Crippen molar-refractivity contribution < 1.29 is 4.79 Å². The largest absolute Gasteiger partial charge is 0.335 e. The molecular weight excluding hydrogens is 372 g/mol. The van der Waals surface area contributed by atoms with E-state index in [2.05, 4.69) is 16.1 Å². The fraction of sp³-hybridized carbons (Fsp3) is 0.273. The Morgan fingerprint density at radius 3 is 2.46 bits per heavy atom. The zero-order valence-corrected chi connectivity index (χ0v) is 16.6. The average Bonchev–Trinajstić information content (AvgIpc) is 3.10. The van der Waals surface area contributed by atoms with Gasteiger partial charge in [-0.15, -0.1) is 0 Å². The lowest BCUT2D eigenvalue weighted by atomic mass is 10.2. The maximum absolute atomic E-state index is 12.9. The van der Waals surface area contributed by atoms with E-state index in [-0.39, 0.29) is 5.91 Å². The van der Waals surface area contributed by atoms with Crippen molar-refractivity contribution in [2.45, 2.75) is 13.5 Å². The van der Waals surface area contributed by atoms with Gasteiger partial charge in [-0.05, 0) is 42.8 Å². The highest BCUT2D eigenvalue weighted by Crippen LogP contribution is 2.16. The summed E-state index contributed by atoms with van der Waals surface area (Å²) in [4.78, 5) is 17.2. The van der Waals surface area contributed by atoms with Gasteiger partial charge in [-0.1, -0.05) is 41.9 Å². The number of halogens is 1. The normalized spacial score (nSPS) is 15.0. The molecule has 0 atom stereocenters. The van der Waals surface area contributed by atoms with Gasteiger partial charge in [0.1, 0.15) is 0 Å². The molecule has 0 unspecified atom stereocenters. The number of rotatable bonds is 4. The molecule has 28 heavy (non-hydrogen) atoms. The highest BCUT2D eigenvalue weighted by molar-refractivity contribution is 6.30. The average molecular weight is 395 g/mol. The molecule has 6 heteroatoms. The second-order valence-electron chi connectivity index (χ2n) is 7.12. The van der Waals surface area contributed by atoms with E-state index >= 15 is 0 Å². The van der Waals surface area contributed by atoms with Crippen LogP contribution >= 0.6 is 11.6 Å². The van der Waals surface area contributed by atoms with Gasteiger partial charge in [0.2, 0.25) is 0 Å². The van der Waals surface area contributed by atoms with Crippen molar-refractivity contribution in [1.29, 1.82) is 0 Å². The van der Waals surface area contributed by atoms with Gasteiger partial charge in [-0.25, -0.2) is 4.68 Å². The Balaban J connectivity index is 1.39. The van der Waals surface area contributed by atoms with Crippen molar-refractivity contribution >= 4 is 17.5 Å². The Bertz CT molecular complexity index is 962. The number of nitrogens with zero attached hydrogens (tertiary/aromatic N) is 4. The quantitative estimate of drug-likeness (QED) is 0.676. The zero-order chi connectivity index (χ0) is 19.5. The molecule has 0 bridgehead atoms. The van der Waals surface area contributed by atoms with Crippen LogP contribution in [0.15, 0.2) is 60.7 Å². The SMILES string of the molecule is Cc1cc(C(=O)N2CCN(Cc3cccc(Cl)c3)CC2)nn1-c1ccccc1. The van der Waals surface area contributed by atoms with Crippen molar-refractivity contribution in [2.24, 2.45) is 0 Å². The Morgan fingerprint density at radius 2 is 1.75 bits per heavy atom. The van der Waals surface area contributed by atoms with Crippen molar-refractivity contribution in [2.75, 3.05) is 26.2 Å². The number of para-hydroxylation sites is 1. The van der Waals surface area contributed by atoms with Crippen molar-refractivity contribution in [3.05, 3.63) is 82.6 Å². The van der Waals surface area contributed by atoms with Gasteiger partial charge in [-0.2, -0.15) is 5.10 Å². The van der Waals surface area contributed by atoms with Crippen LogP contribution in [0.5, 0.6) is 0 Å². The molecule has 1 aliphatic rings. The first-order valence-electron chi connectivity index (χ1n) is 9.48. The molecule has 0 radical (unpaired) electrons. The molecule has 1 aromatic heterocycles. The fourth-order valence-corrected chi connectivity index (χ4v) is 3.79. The summed E-state index contributed by atoms with van der Waals surface area (Å²) in [6, 6.07) is 19.7. The smallest absolute Gasteiger partial charge is 0.274 e. The minimum Gasteiger partial charge on any atom is -0.335 e. The molecule has 1 fully saturated rings. The first-order valence-corrected chi connectivity index (χ1v) is 9.86. The van der Waals surface area contributed by atoms with E-state index in [0.29, 0.717) is 18.8 Å². The third-order valence-corrected chi connectivity index (χ3v) is 5.30. The van der Waals surface area contributed by atoms with Crippen molar-refractivity contribution in [3.8, 4) is 5.69 Å². The van der Waals surface area contributed by atoms with Gasteiger partial charge < -0.3 is 4.90 Å². The van der Waals surface area contributed by atoms with Crippen molar-refractivity contribution in [1.82, 2.24) is 19.6 Å². The van der Waals surface area contributed by atoms with Gasteiger partial charge in [0, 0.05) is 43.4 Å². The predicted molar refractivity (Wildman–Crippen MR) is 111 cm³/mol. The van der Waals surface area contributed by atoms with Crippen LogP contribution in [-0.4, -0.2) is 51.7 Å². The molecule has 0 spiro atoms. The minimum atomic E-state index is 0.000173. The van der Waals surface area contributed by atoms with E-state index in [1.54, 1.807) is 0 Å². The van der Waals surface area contributed by atoms with Crippen LogP contribution in [0.25, 0.3) is 5.69 Å². The third-order valence-electron chi connectivity index (χ3n) is 5.06. The summed E-state index contributed by atoms with van der Waals surface area (Å²) in [6.07, 6.45) is 0. The maximum Gasteiger partial charge on any atom is 0.274 e. The second-order valence-corrected chi connectivity index (χ2v) is 7.55. The lowest BCUT2D eigenvalue weighted by Gasteiger charge is -2.34. The van der Waals surface area contributed by atoms with Gasteiger partial charge in [0.25, 0.3) is 5.91 Å². The van der Waals surface area contributed by atoms with Crippen LogP contribution in [0.4, 0.5) is 0 Å². The monoisotopic (exact) mass is 394 g/mol. The molecule has 2 aromatic carbocycles. The summed E-state index contributed by atoms with van der Waals surface area (Å²) in [7, 11) is 0. The molecule has 3 aromatic rings. The first kappa shape index (κ1) is 18.7. The predicted octanol–water partition coefficient (Wildman–Crippen LogP) is 3.79. The number of aromatic nitrogens is 2. The number of carbonyl (C=O) groups is 1. The topological polar surface area (TPSA) is 41.4 Å². The first-order chi connectivity index (χ1) is 13.6. The van der Waals surface area contributed by atoms with Gasteiger partial charge in [0.05, 0.1) is 5.69 Å². The van der Waals surface area contributed by atoms with Crippen molar-refractivity contribution in [3.63, 3.8) is 0 Å². The molecule has 0 N–H and O–H groups in total. The number of piperazine rings is 1. The summed E-state index contributed by atoms with van der Waals surface area (Å²) in [5, 5.41) is 5.31. The van der Waals surface area contributed by atoms with E-state index in [1.165, 1.54) is 5.56 Å². The summed E-state index contributed by atoms with van der Waals surface area (Å²) in [6.45, 7) is 5.92. The molecular formula is C22H23ClN4O. The van der Waals surface area contributed by atoms with E-state index < -0.39 is 0 Å². The molecule has 1 amide bonds. The standard InChI is InChI=1S/C22H23ClN4O/c1-17-14-21(24-27(17)20-8-3-2-4-9-20)22(28)26-12-10-25(11-13-26)16-18-6-5-7-19(23)15-18/h2-9,14-15H,10-13,16H2,1H3. The number of aryl methyl sites for hydroxylation is 1. The Morgan fingerprint density at radius 1 is 1.00 bits per heavy atom. The Labute approximate surface area is 170 Å². The molecule has 1 saturated heterocycles. The third kappa shape index (κ3) is 4.11. The molecule has 2 heterocycles. The van der Waals surface area contributed by atoms with Gasteiger partial charge >= 0.3 is 0 Å². The summed E-state index contributed by atoms with van der Waals surface area (Å²) in [5.74, 6) is 0.000173. The highest BCUT2D eigenvalue weighted by Gasteiger charge is 2.24. The van der Waals surface area contributed by atoms with Crippen LogP contribution in [-0.2, 0) is 6.54 Å². The lowest BCUT2D eigenvalue weighted by Crippen LogP contribution is -2.48. The van der Waals surface area contributed by atoms with E-state index in [0.717, 1.165) is 36.0 Å². The van der Waals surface area contributed by atoms with Gasteiger partial charge in [0.15, 0.2) is 5.69 Å². The molecule has 4 rings (SSSR count). The maximum atomic E-state index is 12.9. The lowest BCUT2D eigenvalue weighted by molar-refractivity contribution is 0.0622. The van der Waals surface area contributed by atoms with E-state index in [4.69, 9.17) is 11.6 Å². The summed E-state index contributed by atoms with van der Waals surface area (Å²) < 4.78 is 1.82. The number of carbonyl (C=O) groups excluding carboxylic acids is 1. The molecule has 0 aliphatic carbocycles. The summed E-state index contributed by atoms with van der Waals surface area (Å²) >= 11 is 6.07. The van der Waals surface area contributed by atoms with Crippen LogP contribution in [0.1, 0.15) is 21.7 Å². The van der Waals surface area contributed by atoms with Crippen LogP contribution < -0.4 is 0 Å². The highest BCUT2D eigenvalue weighted by atomic mass is 35.5. The molecule has 0 saturated carbocycles. The number of amides is 1. The number of benzene rings is 2. The van der Waals surface area contributed by atoms with Crippen LogP contribution in [0.2, 0.25) is 5.02 Å². The Kier molecular flexibility index (Phi) is 5.46. The number of hydrogen-bond acceptors (Lipinski definition) is 3. The Hall–Kier alpha value is -2.63. The molecule has 5 nitrogen and oxygen atoms in total.